The van der Waals surface area contributed by atoms with Gasteiger partial charge in [-0.2, -0.15) is 5.53 Å². The Kier molecular flexibility index (Phi) is 3.39. The molecule has 0 atom stereocenters. The van der Waals surface area contributed by atoms with Crippen molar-refractivity contribution in [1.82, 2.24) is 11.1 Å². The van der Waals surface area contributed by atoms with Gasteiger partial charge < -0.3 is 0 Å². The van der Waals surface area contributed by atoms with E-state index in [1.165, 1.54) is 11.9 Å². The van der Waals surface area contributed by atoms with Crippen LogP contribution in [0.1, 0.15) is 6.92 Å². The number of nitrogens with two attached hydrogens (primary N) is 1. The summed E-state index contributed by atoms with van der Waals surface area (Å²) in [6, 6.07) is 9.14. The van der Waals surface area contributed by atoms with E-state index < -0.39 is 0 Å². The van der Waals surface area contributed by atoms with Crippen molar-refractivity contribution in [3.8, 4) is 0 Å². The van der Waals surface area contributed by atoms with E-state index in [4.69, 9.17) is 5.84 Å². The van der Waals surface area contributed by atoms with Gasteiger partial charge in [0, 0.05) is 6.92 Å². The molecule has 1 aromatic carbocycles. The largest absolute Gasteiger partial charge is 0.273 e. The Morgan fingerprint density at radius 1 is 1.38 bits per heavy atom. The van der Waals surface area contributed by atoms with Gasteiger partial charge in [-0.3, -0.25) is 10.6 Å². The molecular formula is C8H12N4O. The first-order valence-corrected chi connectivity index (χ1v) is 3.82. The van der Waals surface area contributed by atoms with Crippen molar-refractivity contribution in [1.29, 1.82) is 0 Å². The molecule has 4 N–H and O–H groups in total. The van der Waals surface area contributed by atoms with Gasteiger partial charge in [0.05, 0.1) is 5.69 Å². The molecule has 0 heterocycles. The van der Waals surface area contributed by atoms with E-state index >= 15 is 0 Å². The predicted octanol–water partition coefficient (Wildman–Crippen LogP) is -0.0776. The van der Waals surface area contributed by atoms with E-state index in [0.29, 0.717) is 0 Å². The average molecular weight is 180 g/mol. The van der Waals surface area contributed by atoms with Crippen LogP contribution in [0.2, 0.25) is 0 Å². The monoisotopic (exact) mass is 180 g/mol. The summed E-state index contributed by atoms with van der Waals surface area (Å²) < 4.78 is 0. The smallest absolute Gasteiger partial charge is 0.239 e. The van der Waals surface area contributed by atoms with Crippen LogP contribution in [0.3, 0.4) is 0 Å². The molecule has 0 radical (unpaired) electrons. The molecule has 5 nitrogen and oxygen atoms in total. The third kappa shape index (κ3) is 2.51. The lowest BCUT2D eigenvalue weighted by Crippen LogP contribution is -2.52. The van der Waals surface area contributed by atoms with Crippen molar-refractivity contribution in [3.05, 3.63) is 30.3 Å². The molecule has 0 unspecified atom stereocenters. The van der Waals surface area contributed by atoms with E-state index in [1.807, 2.05) is 18.2 Å². The Hall–Kier alpha value is -1.43. The summed E-state index contributed by atoms with van der Waals surface area (Å²) in [6.07, 6.45) is 0. The lowest BCUT2D eigenvalue weighted by molar-refractivity contribution is -0.117. The maximum atomic E-state index is 11.1. The molecule has 0 saturated heterocycles. The van der Waals surface area contributed by atoms with Crippen LogP contribution < -0.4 is 21.9 Å². The third-order valence-corrected chi connectivity index (χ3v) is 1.51. The fraction of sp³-hybridized carbons (Fsp3) is 0.125. The molecule has 0 aromatic heterocycles. The van der Waals surface area contributed by atoms with Gasteiger partial charge in [0.25, 0.3) is 0 Å². The second-order valence-corrected chi connectivity index (χ2v) is 2.45. The van der Waals surface area contributed by atoms with Crippen LogP contribution >= 0.6 is 0 Å². The molecule has 0 bridgehead atoms. The fourth-order valence-electron chi connectivity index (χ4n) is 0.967. The first-order chi connectivity index (χ1) is 6.25. The van der Waals surface area contributed by atoms with Crippen LogP contribution in [0.4, 0.5) is 5.69 Å². The normalized spacial score (nSPS) is 9.69. The van der Waals surface area contributed by atoms with Crippen LogP contribution in [0.15, 0.2) is 30.3 Å². The molecule has 0 saturated carbocycles. The van der Waals surface area contributed by atoms with Crippen molar-refractivity contribution in [2.45, 2.75) is 6.92 Å². The number of nitrogens with one attached hydrogen (secondary N) is 2. The summed E-state index contributed by atoms with van der Waals surface area (Å²) in [7, 11) is 0. The quantitative estimate of drug-likeness (QED) is 0.449. The van der Waals surface area contributed by atoms with Crippen molar-refractivity contribution in [3.63, 3.8) is 0 Å². The topological polar surface area (TPSA) is 70.4 Å². The van der Waals surface area contributed by atoms with E-state index in [9.17, 15) is 4.79 Å². The molecule has 5 heteroatoms. The lowest BCUT2D eigenvalue weighted by Gasteiger charge is -2.20. The Balaban J connectivity index is 2.82. The Labute approximate surface area is 76.4 Å². The Morgan fingerprint density at radius 3 is 2.46 bits per heavy atom. The third-order valence-electron chi connectivity index (χ3n) is 1.51. The highest BCUT2D eigenvalue weighted by Gasteiger charge is 2.08. The average Bonchev–Trinajstić information content (AvgIpc) is 2.15. The van der Waals surface area contributed by atoms with Crippen LogP contribution in [0.5, 0.6) is 0 Å². The first kappa shape index (κ1) is 9.66. The number of benzene rings is 1. The molecule has 1 aromatic rings. The minimum absolute atomic E-state index is 0.149. The molecule has 13 heavy (non-hydrogen) atoms. The summed E-state index contributed by atoms with van der Waals surface area (Å²) in [5, 5.41) is 1.31. The summed E-state index contributed by atoms with van der Waals surface area (Å²) in [4.78, 5) is 11.1. The summed E-state index contributed by atoms with van der Waals surface area (Å²) >= 11 is 0. The van der Waals surface area contributed by atoms with Crippen molar-refractivity contribution in [2.24, 2.45) is 5.84 Å². The molecule has 0 aliphatic carbocycles. The molecule has 70 valence electrons. The SMILES string of the molecule is CC(=O)N(NNN)c1ccccc1. The molecular weight excluding hydrogens is 168 g/mol. The van der Waals surface area contributed by atoms with Gasteiger partial charge >= 0.3 is 0 Å². The van der Waals surface area contributed by atoms with Gasteiger partial charge in [0.15, 0.2) is 0 Å². The number of rotatable bonds is 3. The lowest BCUT2D eigenvalue weighted by atomic mass is 10.3. The molecule has 0 aliphatic heterocycles. The second-order valence-electron chi connectivity index (χ2n) is 2.45. The molecule has 1 rings (SSSR count). The van der Waals surface area contributed by atoms with Crippen LogP contribution in [-0.2, 0) is 4.79 Å². The van der Waals surface area contributed by atoms with E-state index in [1.54, 1.807) is 12.1 Å². The van der Waals surface area contributed by atoms with Gasteiger partial charge in [-0.25, -0.2) is 5.01 Å². The number of anilines is 1. The van der Waals surface area contributed by atoms with Crippen molar-refractivity contribution >= 4 is 11.6 Å². The maximum Gasteiger partial charge on any atom is 0.239 e. The number of hydrazine groups is 3. The number of amides is 1. The number of hydrogen-bond donors (Lipinski definition) is 3. The van der Waals surface area contributed by atoms with Crippen LogP contribution in [0.25, 0.3) is 0 Å². The van der Waals surface area contributed by atoms with E-state index in [0.717, 1.165) is 5.69 Å². The van der Waals surface area contributed by atoms with E-state index in [2.05, 4.69) is 11.1 Å². The zero-order valence-electron chi connectivity index (χ0n) is 7.32. The molecule has 0 aliphatic rings. The molecule has 0 spiro atoms. The highest BCUT2D eigenvalue weighted by molar-refractivity contribution is 5.90. The standard InChI is InChI=1S/C8H12N4O/c1-7(13)12(11-10-9)8-5-3-2-4-6-8/h2-6,10-11H,9H2,1H3. The zero-order valence-corrected chi connectivity index (χ0v) is 7.32. The highest BCUT2D eigenvalue weighted by Crippen LogP contribution is 2.09. The molecule has 1 amide bonds. The minimum atomic E-state index is -0.149. The predicted molar refractivity (Wildman–Crippen MR) is 50.1 cm³/mol. The number of carbonyl (C=O) groups is 1. The summed E-state index contributed by atoms with van der Waals surface area (Å²) in [5.41, 5.74) is 5.44. The second kappa shape index (κ2) is 4.56. The number of carbonyl (C=O) groups excluding carboxylic acids is 1. The van der Waals surface area contributed by atoms with Crippen molar-refractivity contribution < 1.29 is 4.79 Å². The molecule has 0 fully saturated rings. The van der Waals surface area contributed by atoms with Crippen molar-refractivity contribution in [2.75, 3.05) is 5.01 Å². The summed E-state index contributed by atoms with van der Waals surface area (Å²) in [6.45, 7) is 1.44. The van der Waals surface area contributed by atoms with Gasteiger partial charge in [-0.1, -0.05) is 18.2 Å². The van der Waals surface area contributed by atoms with Crippen LogP contribution in [0, 0.1) is 0 Å². The van der Waals surface area contributed by atoms with Gasteiger partial charge in [-0.15, -0.1) is 5.53 Å². The van der Waals surface area contributed by atoms with Gasteiger partial charge in [0.2, 0.25) is 5.91 Å². The van der Waals surface area contributed by atoms with Crippen LogP contribution in [-0.4, -0.2) is 5.91 Å². The zero-order chi connectivity index (χ0) is 9.68. The van der Waals surface area contributed by atoms with Gasteiger partial charge in [0.1, 0.15) is 0 Å². The Bertz CT molecular complexity index is 275. The Morgan fingerprint density at radius 2 is 2.00 bits per heavy atom. The number of para-hydroxylation sites is 1. The number of nitrogens with zero attached hydrogens (tertiary/aromatic N) is 1. The fourth-order valence-corrected chi connectivity index (χ4v) is 0.967. The maximum absolute atomic E-state index is 11.1. The first-order valence-electron chi connectivity index (χ1n) is 3.82. The summed E-state index contributed by atoms with van der Waals surface area (Å²) in [5.74, 6) is 4.90. The van der Waals surface area contributed by atoms with E-state index in [-0.39, 0.29) is 5.91 Å². The minimum Gasteiger partial charge on any atom is -0.273 e. The highest BCUT2D eigenvalue weighted by atomic mass is 16.2. The number of hydrogen-bond acceptors (Lipinski definition) is 4. The van der Waals surface area contributed by atoms with Gasteiger partial charge in [-0.05, 0) is 12.1 Å².